The third-order valence-corrected chi connectivity index (χ3v) is 3.40. The van der Waals surface area contributed by atoms with Crippen molar-refractivity contribution in [1.29, 1.82) is 0 Å². The fraction of sp³-hybridized carbons (Fsp3) is 0.154. The Bertz CT molecular complexity index is 577. The monoisotopic (exact) mass is 263 g/mol. The standard InChI is InChI=1S/C13H13NO3S/c1-8-5-9(3-4-11(8)15)14-13(16)12-6-10(17-2)7-18-12/h3-7,15H,1-2H3,(H,14,16). The summed E-state index contributed by atoms with van der Waals surface area (Å²) in [5.41, 5.74) is 1.37. The lowest BCUT2D eigenvalue weighted by atomic mass is 10.2. The van der Waals surface area contributed by atoms with Gasteiger partial charge in [0.1, 0.15) is 11.5 Å². The van der Waals surface area contributed by atoms with Crippen molar-refractivity contribution in [2.45, 2.75) is 6.92 Å². The first kappa shape index (κ1) is 12.4. The Morgan fingerprint density at radius 1 is 1.39 bits per heavy atom. The van der Waals surface area contributed by atoms with Crippen LogP contribution in [-0.4, -0.2) is 18.1 Å². The molecule has 18 heavy (non-hydrogen) atoms. The number of amides is 1. The van der Waals surface area contributed by atoms with Gasteiger partial charge in [-0.25, -0.2) is 0 Å². The van der Waals surface area contributed by atoms with Crippen LogP contribution in [0.1, 0.15) is 15.2 Å². The summed E-state index contributed by atoms with van der Waals surface area (Å²) in [6.45, 7) is 1.78. The average Bonchev–Trinajstić information content (AvgIpc) is 2.82. The molecule has 0 aliphatic rings. The first-order valence-corrected chi connectivity index (χ1v) is 6.21. The molecule has 0 atom stereocenters. The predicted octanol–water partition coefficient (Wildman–Crippen LogP) is 3.02. The van der Waals surface area contributed by atoms with Crippen LogP contribution in [-0.2, 0) is 0 Å². The van der Waals surface area contributed by atoms with Crippen LogP contribution in [0.3, 0.4) is 0 Å². The van der Waals surface area contributed by atoms with Crippen molar-refractivity contribution >= 4 is 22.9 Å². The molecule has 0 saturated heterocycles. The van der Waals surface area contributed by atoms with Gasteiger partial charge in [0.05, 0.1) is 12.0 Å². The van der Waals surface area contributed by atoms with Gasteiger partial charge in [-0.15, -0.1) is 11.3 Å². The first-order valence-electron chi connectivity index (χ1n) is 5.33. The SMILES string of the molecule is COc1csc(C(=O)Nc2ccc(O)c(C)c2)c1. The molecule has 2 rings (SSSR count). The smallest absolute Gasteiger partial charge is 0.265 e. The molecule has 1 amide bonds. The minimum Gasteiger partial charge on any atom is -0.508 e. The molecule has 0 unspecified atom stereocenters. The molecule has 4 nitrogen and oxygen atoms in total. The zero-order chi connectivity index (χ0) is 13.1. The van der Waals surface area contributed by atoms with Crippen molar-refractivity contribution in [3.63, 3.8) is 0 Å². The van der Waals surface area contributed by atoms with E-state index in [0.29, 0.717) is 16.3 Å². The van der Waals surface area contributed by atoms with Crippen molar-refractivity contribution in [2.24, 2.45) is 0 Å². The highest BCUT2D eigenvalue weighted by atomic mass is 32.1. The van der Waals surface area contributed by atoms with E-state index in [1.807, 2.05) is 0 Å². The quantitative estimate of drug-likeness (QED) is 0.837. The van der Waals surface area contributed by atoms with Crippen LogP contribution in [0.4, 0.5) is 5.69 Å². The number of nitrogens with one attached hydrogen (secondary N) is 1. The Morgan fingerprint density at radius 2 is 2.17 bits per heavy atom. The number of anilines is 1. The number of aryl methyl sites for hydroxylation is 1. The predicted molar refractivity (Wildman–Crippen MR) is 71.7 cm³/mol. The highest BCUT2D eigenvalue weighted by molar-refractivity contribution is 7.12. The number of aromatic hydroxyl groups is 1. The second-order valence-corrected chi connectivity index (χ2v) is 4.72. The van der Waals surface area contributed by atoms with E-state index in [2.05, 4.69) is 5.32 Å². The van der Waals surface area contributed by atoms with Crippen LogP contribution in [0.5, 0.6) is 11.5 Å². The van der Waals surface area contributed by atoms with Crippen LogP contribution in [0, 0.1) is 6.92 Å². The summed E-state index contributed by atoms with van der Waals surface area (Å²) in [5, 5.41) is 13.9. The highest BCUT2D eigenvalue weighted by Gasteiger charge is 2.10. The van der Waals surface area contributed by atoms with Crippen LogP contribution in [0.15, 0.2) is 29.6 Å². The molecule has 0 saturated carbocycles. The second kappa shape index (κ2) is 5.10. The van der Waals surface area contributed by atoms with E-state index in [0.717, 1.165) is 5.56 Å². The number of rotatable bonds is 3. The maximum absolute atomic E-state index is 11.9. The van der Waals surface area contributed by atoms with Crippen molar-refractivity contribution in [1.82, 2.24) is 0 Å². The number of hydrogen-bond acceptors (Lipinski definition) is 4. The number of phenolic OH excluding ortho intramolecular Hbond substituents is 1. The molecular formula is C13H13NO3S. The lowest BCUT2D eigenvalue weighted by Gasteiger charge is -2.05. The summed E-state index contributed by atoms with van der Waals surface area (Å²) in [7, 11) is 1.56. The van der Waals surface area contributed by atoms with E-state index < -0.39 is 0 Å². The zero-order valence-corrected chi connectivity index (χ0v) is 10.9. The molecule has 2 N–H and O–H groups in total. The van der Waals surface area contributed by atoms with Gasteiger partial charge in [-0.2, -0.15) is 0 Å². The lowest BCUT2D eigenvalue weighted by Crippen LogP contribution is -2.10. The molecule has 0 aliphatic carbocycles. The largest absolute Gasteiger partial charge is 0.508 e. The van der Waals surface area contributed by atoms with E-state index in [4.69, 9.17) is 4.74 Å². The summed E-state index contributed by atoms with van der Waals surface area (Å²) in [6, 6.07) is 6.62. The summed E-state index contributed by atoms with van der Waals surface area (Å²) < 4.78 is 5.03. The number of phenols is 1. The number of methoxy groups -OCH3 is 1. The van der Waals surface area contributed by atoms with Gasteiger partial charge in [0.25, 0.3) is 5.91 Å². The Kier molecular flexibility index (Phi) is 3.53. The van der Waals surface area contributed by atoms with Crippen molar-refractivity contribution < 1.29 is 14.6 Å². The maximum Gasteiger partial charge on any atom is 0.265 e. The van der Waals surface area contributed by atoms with Gasteiger partial charge in [0.2, 0.25) is 0 Å². The number of thiophene rings is 1. The Labute approximate surface area is 109 Å². The molecule has 1 aromatic carbocycles. The normalized spacial score (nSPS) is 10.1. The van der Waals surface area contributed by atoms with Crippen LogP contribution < -0.4 is 10.1 Å². The van der Waals surface area contributed by atoms with Gasteiger partial charge < -0.3 is 15.2 Å². The summed E-state index contributed by atoms with van der Waals surface area (Å²) >= 11 is 1.32. The van der Waals surface area contributed by atoms with E-state index in [-0.39, 0.29) is 11.7 Å². The fourth-order valence-electron chi connectivity index (χ4n) is 1.47. The van der Waals surface area contributed by atoms with Crippen molar-refractivity contribution in [3.05, 3.63) is 40.1 Å². The lowest BCUT2D eigenvalue weighted by molar-refractivity contribution is 0.103. The van der Waals surface area contributed by atoms with Crippen LogP contribution >= 0.6 is 11.3 Å². The van der Waals surface area contributed by atoms with Gasteiger partial charge >= 0.3 is 0 Å². The summed E-state index contributed by atoms with van der Waals surface area (Å²) in [5.74, 6) is 0.700. The molecule has 2 aromatic rings. The van der Waals surface area contributed by atoms with Crippen molar-refractivity contribution in [3.8, 4) is 11.5 Å². The first-order chi connectivity index (χ1) is 8.60. The zero-order valence-electron chi connectivity index (χ0n) is 10.1. The number of hydrogen-bond donors (Lipinski definition) is 2. The number of benzene rings is 1. The molecule has 0 spiro atoms. The minimum absolute atomic E-state index is 0.187. The third-order valence-electron chi connectivity index (χ3n) is 2.49. The molecule has 0 radical (unpaired) electrons. The molecule has 1 aromatic heterocycles. The molecule has 0 aliphatic heterocycles. The van der Waals surface area contributed by atoms with Gasteiger partial charge in [0, 0.05) is 17.1 Å². The third kappa shape index (κ3) is 2.62. The minimum atomic E-state index is -0.187. The highest BCUT2D eigenvalue weighted by Crippen LogP contribution is 2.24. The van der Waals surface area contributed by atoms with E-state index in [1.165, 1.54) is 11.3 Å². The van der Waals surface area contributed by atoms with E-state index >= 15 is 0 Å². The van der Waals surface area contributed by atoms with E-state index in [1.54, 1.807) is 43.7 Å². The van der Waals surface area contributed by atoms with Crippen LogP contribution in [0.2, 0.25) is 0 Å². The Balaban J connectivity index is 2.13. The van der Waals surface area contributed by atoms with Gasteiger partial charge in [-0.05, 0) is 30.7 Å². The van der Waals surface area contributed by atoms with Gasteiger partial charge in [0.15, 0.2) is 0 Å². The van der Waals surface area contributed by atoms with E-state index in [9.17, 15) is 9.90 Å². The molecule has 94 valence electrons. The summed E-state index contributed by atoms with van der Waals surface area (Å²) in [4.78, 5) is 12.5. The second-order valence-electron chi connectivity index (χ2n) is 3.81. The molecule has 0 fully saturated rings. The molecule has 1 heterocycles. The summed E-state index contributed by atoms with van der Waals surface area (Å²) in [6.07, 6.45) is 0. The topological polar surface area (TPSA) is 58.6 Å². The number of carbonyl (C=O) groups excluding carboxylic acids is 1. The molecular weight excluding hydrogens is 250 g/mol. The number of ether oxygens (including phenoxy) is 1. The molecule has 0 bridgehead atoms. The average molecular weight is 263 g/mol. The molecule has 5 heteroatoms. The van der Waals surface area contributed by atoms with Gasteiger partial charge in [-0.1, -0.05) is 0 Å². The number of carbonyl (C=O) groups is 1. The Morgan fingerprint density at radius 3 is 2.78 bits per heavy atom. The van der Waals surface area contributed by atoms with Crippen LogP contribution in [0.25, 0.3) is 0 Å². The fourth-order valence-corrected chi connectivity index (χ4v) is 2.22. The Hall–Kier alpha value is -2.01. The maximum atomic E-state index is 11.9. The van der Waals surface area contributed by atoms with Crippen molar-refractivity contribution in [2.75, 3.05) is 12.4 Å². The van der Waals surface area contributed by atoms with Gasteiger partial charge in [-0.3, -0.25) is 4.79 Å².